The van der Waals surface area contributed by atoms with E-state index in [9.17, 15) is 8.42 Å². The number of rotatable bonds is 13. The molecule has 0 fully saturated rings. The molecule has 0 saturated heterocycles. The van der Waals surface area contributed by atoms with Gasteiger partial charge in [0.1, 0.15) is 22.0 Å². The number of nitrogens with one attached hydrogen (secondary N) is 1. The highest BCUT2D eigenvalue weighted by molar-refractivity contribution is 7.90. The van der Waals surface area contributed by atoms with E-state index in [-0.39, 0.29) is 5.75 Å². The second-order valence-electron chi connectivity index (χ2n) is 9.94. The number of unbranched alkanes of at least 4 members (excludes halogenated alkanes) is 1. The van der Waals surface area contributed by atoms with E-state index in [1.54, 1.807) is 6.20 Å². The van der Waals surface area contributed by atoms with Crippen molar-refractivity contribution in [3.05, 3.63) is 78.9 Å². The Kier molecular flexibility index (Phi) is 8.51. The highest BCUT2D eigenvalue weighted by atomic mass is 32.2. The zero-order valence-corrected chi connectivity index (χ0v) is 23.5. The van der Waals surface area contributed by atoms with Crippen molar-refractivity contribution in [3.63, 3.8) is 0 Å². The summed E-state index contributed by atoms with van der Waals surface area (Å²) in [6, 6.07) is 18.3. The Balaban J connectivity index is 1.21. The molecule has 5 aromatic rings. The minimum Gasteiger partial charge on any atom is -0.478 e. The molecule has 1 N–H and O–H groups in total. The van der Waals surface area contributed by atoms with Gasteiger partial charge in [-0.2, -0.15) is 5.10 Å². The van der Waals surface area contributed by atoms with Crippen LogP contribution in [0.2, 0.25) is 0 Å². The Morgan fingerprint density at radius 3 is 2.65 bits per heavy atom. The summed E-state index contributed by atoms with van der Waals surface area (Å²) in [5.74, 6) is 1.35. The SMILES string of the molecule is CN(CCCCOc1cc2c(Nc3ccc4c(cnn4Cc4ccccc4)c3)ncnc2cn1)CCS(C)(=O)=O. The van der Waals surface area contributed by atoms with Gasteiger partial charge in [-0.15, -0.1) is 0 Å². The van der Waals surface area contributed by atoms with Gasteiger partial charge in [0, 0.05) is 35.3 Å². The van der Waals surface area contributed by atoms with E-state index in [0.29, 0.717) is 36.9 Å². The van der Waals surface area contributed by atoms with Gasteiger partial charge in [0.25, 0.3) is 0 Å². The van der Waals surface area contributed by atoms with Crippen molar-refractivity contribution < 1.29 is 13.2 Å². The summed E-state index contributed by atoms with van der Waals surface area (Å²) < 4.78 is 30.6. The smallest absolute Gasteiger partial charge is 0.214 e. The molecule has 11 heteroatoms. The first-order valence-corrected chi connectivity index (χ1v) is 15.3. The maximum atomic E-state index is 11.3. The van der Waals surface area contributed by atoms with Crippen LogP contribution in [-0.2, 0) is 16.4 Å². The van der Waals surface area contributed by atoms with Crippen LogP contribution in [0.4, 0.5) is 11.5 Å². The summed E-state index contributed by atoms with van der Waals surface area (Å²) >= 11 is 0. The predicted octanol–water partition coefficient (Wildman–Crippen LogP) is 4.30. The zero-order chi connectivity index (χ0) is 28.0. The van der Waals surface area contributed by atoms with Gasteiger partial charge in [-0.3, -0.25) is 4.68 Å². The van der Waals surface area contributed by atoms with Crippen molar-refractivity contribution in [2.75, 3.05) is 44.1 Å². The van der Waals surface area contributed by atoms with Crippen molar-refractivity contribution in [2.24, 2.45) is 0 Å². The molecule has 3 heterocycles. The first-order valence-electron chi connectivity index (χ1n) is 13.2. The first-order chi connectivity index (χ1) is 19.3. The molecule has 0 amide bonds. The molecule has 0 radical (unpaired) electrons. The van der Waals surface area contributed by atoms with E-state index in [1.165, 1.54) is 18.1 Å². The van der Waals surface area contributed by atoms with E-state index >= 15 is 0 Å². The maximum Gasteiger partial charge on any atom is 0.214 e. The molecule has 3 aromatic heterocycles. The summed E-state index contributed by atoms with van der Waals surface area (Å²) in [6.07, 6.45) is 8.07. The average Bonchev–Trinajstić information content (AvgIpc) is 3.34. The van der Waals surface area contributed by atoms with E-state index < -0.39 is 9.84 Å². The van der Waals surface area contributed by atoms with Gasteiger partial charge in [0.15, 0.2) is 0 Å². The summed E-state index contributed by atoms with van der Waals surface area (Å²) in [6.45, 7) is 2.56. The molecule has 2 aromatic carbocycles. The van der Waals surface area contributed by atoms with Crippen molar-refractivity contribution >= 4 is 43.1 Å². The van der Waals surface area contributed by atoms with Crippen LogP contribution in [0.5, 0.6) is 5.88 Å². The van der Waals surface area contributed by atoms with E-state index in [1.807, 2.05) is 53.2 Å². The number of aromatic nitrogens is 5. The van der Waals surface area contributed by atoms with Gasteiger partial charge < -0.3 is 15.0 Å². The molecule has 0 unspecified atom stereocenters. The van der Waals surface area contributed by atoms with Gasteiger partial charge in [-0.25, -0.2) is 23.4 Å². The fourth-order valence-electron chi connectivity index (χ4n) is 4.40. The summed E-state index contributed by atoms with van der Waals surface area (Å²) in [5, 5.41) is 9.85. The summed E-state index contributed by atoms with van der Waals surface area (Å²) in [4.78, 5) is 15.2. The molecule has 0 aliphatic heterocycles. The van der Waals surface area contributed by atoms with E-state index in [4.69, 9.17) is 4.74 Å². The standard InChI is InChI=1S/C29H33N7O3S/c1-35(13-15-40(2,37)38)12-6-7-14-39-28-17-25-26(19-30-28)31-21-32-29(25)34-24-10-11-27-23(16-24)18-33-36(27)20-22-8-4-3-5-9-22/h3-5,8-11,16-19,21H,6-7,12-15,20H2,1-2H3,(H,31,32,34). The molecule has 208 valence electrons. The lowest BCUT2D eigenvalue weighted by molar-refractivity contribution is 0.277. The van der Waals surface area contributed by atoms with Crippen LogP contribution in [0.1, 0.15) is 18.4 Å². The Morgan fingerprint density at radius 1 is 0.975 bits per heavy atom. The molecule has 10 nitrogen and oxygen atoms in total. The molecule has 40 heavy (non-hydrogen) atoms. The molecule has 0 aliphatic rings. The average molecular weight is 560 g/mol. The molecule has 0 atom stereocenters. The van der Waals surface area contributed by atoms with Gasteiger partial charge in [-0.1, -0.05) is 30.3 Å². The number of ether oxygens (including phenoxy) is 1. The Labute approximate surface area is 234 Å². The van der Waals surface area contributed by atoms with Crippen LogP contribution >= 0.6 is 0 Å². The van der Waals surface area contributed by atoms with E-state index in [2.05, 4.69) is 49.6 Å². The van der Waals surface area contributed by atoms with Gasteiger partial charge in [0.2, 0.25) is 5.88 Å². The van der Waals surface area contributed by atoms with Crippen LogP contribution in [0.15, 0.2) is 73.3 Å². The minimum atomic E-state index is -2.95. The largest absolute Gasteiger partial charge is 0.478 e. The predicted molar refractivity (Wildman–Crippen MR) is 158 cm³/mol. The number of anilines is 2. The number of benzene rings is 2. The van der Waals surface area contributed by atoms with Crippen LogP contribution in [0.3, 0.4) is 0 Å². The highest BCUT2D eigenvalue weighted by Gasteiger charge is 2.10. The fraction of sp³-hybridized carbons (Fsp3) is 0.310. The number of sulfone groups is 1. The Bertz CT molecular complexity index is 1690. The monoisotopic (exact) mass is 559 g/mol. The number of hydrogen-bond acceptors (Lipinski definition) is 9. The minimum absolute atomic E-state index is 0.172. The number of nitrogens with zero attached hydrogens (tertiary/aromatic N) is 6. The van der Waals surface area contributed by atoms with Crippen LogP contribution in [0, 0.1) is 0 Å². The molecule has 0 spiro atoms. The van der Waals surface area contributed by atoms with Crippen LogP contribution < -0.4 is 10.1 Å². The van der Waals surface area contributed by atoms with Crippen molar-refractivity contribution in [1.82, 2.24) is 29.6 Å². The van der Waals surface area contributed by atoms with Crippen LogP contribution in [0.25, 0.3) is 21.8 Å². The van der Waals surface area contributed by atoms with Gasteiger partial charge >= 0.3 is 0 Å². The highest BCUT2D eigenvalue weighted by Crippen LogP contribution is 2.27. The second-order valence-corrected chi connectivity index (χ2v) is 12.2. The van der Waals surface area contributed by atoms with Crippen LogP contribution in [-0.4, -0.2) is 76.8 Å². The van der Waals surface area contributed by atoms with Crippen molar-refractivity contribution in [3.8, 4) is 5.88 Å². The molecular formula is C29H33N7O3S. The van der Waals surface area contributed by atoms with Gasteiger partial charge in [0.05, 0.1) is 42.3 Å². The number of fused-ring (bicyclic) bond motifs is 2. The lowest BCUT2D eigenvalue weighted by Crippen LogP contribution is -2.26. The summed E-state index contributed by atoms with van der Waals surface area (Å²) in [5.41, 5.74) is 3.87. The molecular weight excluding hydrogens is 526 g/mol. The zero-order valence-electron chi connectivity index (χ0n) is 22.7. The van der Waals surface area contributed by atoms with Gasteiger partial charge in [-0.05, 0) is 50.2 Å². The summed E-state index contributed by atoms with van der Waals surface area (Å²) in [7, 11) is -1.02. The second kappa shape index (κ2) is 12.4. The fourth-order valence-corrected chi connectivity index (χ4v) is 5.04. The first kappa shape index (κ1) is 27.5. The number of hydrogen-bond donors (Lipinski definition) is 1. The lowest BCUT2D eigenvalue weighted by atomic mass is 10.2. The molecule has 0 bridgehead atoms. The molecule has 0 aliphatic carbocycles. The normalized spacial score (nSPS) is 11.9. The Hall–Kier alpha value is -4.09. The van der Waals surface area contributed by atoms with E-state index in [0.717, 1.165) is 41.4 Å². The topological polar surface area (TPSA) is 115 Å². The number of pyridine rings is 1. The quantitative estimate of drug-likeness (QED) is 0.211. The maximum absolute atomic E-state index is 11.3. The molecule has 0 saturated carbocycles. The third-order valence-corrected chi connectivity index (χ3v) is 7.53. The third-order valence-electron chi connectivity index (χ3n) is 6.60. The third kappa shape index (κ3) is 7.30. The van der Waals surface area contributed by atoms with Crippen molar-refractivity contribution in [2.45, 2.75) is 19.4 Å². The Morgan fingerprint density at radius 2 is 1.82 bits per heavy atom. The lowest BCUT2D eigenvalue weighted by Gasteiger charge is -2.15. The molecule has 5 rings (SSSR count). The van der Waals surface area contributed by atoms with Crippen molar-refractivity contribution in [1.29, 1.82) is 0 Å².